The van der Waals surface area contributed by atoms with E-state index in [1.54, 1.807) is 0 Å². The summed E-state index contributed by atoms with van der Waals surface area (Å²) in [6.07, 6.45) is 6.10. The molecule has 1 amide bonds. The summed E-state index contributed by atoms with van der Waals surface area (Å²) in [6, 6.07) is 1.68. The minimum atomic E-state index is -1.64. The molecule has 0 radical (unpaired) electrons. The highest BCUT2D eigenvalue weighted by molar-refractivity contribution is 6.02. The molecule has 0 bridgehead atoms. The molecule has 8 heteroatoms. The highest BCUT2D eigenvalue weighted by atomic mass is 19.2. The maximum Gasteiger partial charge on any atom is 0.275 e. The van der Waals surface area contributed by atoms with E-state index in [2.05, 4.69) is 20.2 Å². The highest BCUT2D eigenvalue weighted by Crippen LogP contribution is 2.20. The van der Waals surface area contributed by atoms with Crippen molar-refractivity contribution in [2.45, 2.75) is 19.3 Å². The number of aromatic nitrogens is 2. The van der Waals surface area contributed by atoms with Gasteiger partial charge in [0.2, 0.25) is 0 Å². The summed E-state index contributed by atoms with van der Waals surface area (Å²) in [5, 5.41) is 2.16. The van der Waals surface area contributed by atoms with Gasteiger partial charge in [-0.15, -0.1) is 0 Å². The van der Waals surface area contributed by atoms with Crippen molar-refractivity contribution in [3.05, 3.63) is 47.7 Å². The number of rotatable bonds is 3. The number of amides is 1. The van der Waals surface area contributed by atoms with E-state index in [1.807, 2.05) is 0 Å². The lowest BCUT2D eigenvalue weighted by atomic mass is 10.1. The van der Waals surface area contributed by atoms with Gasteiger partial charge in [0.1, 0.15) is 11.5 Å². The fourth-order valence-electron chi connectivity index (χ4n) is 2.53. The molecular weight excluding hydrogens is 321 g/mol. The van der Waals surface area contributed by atoms with E-state index in [0.29, 0.717) is 5.82 Å². The van der Waals surface area contributed by atoms with Gasteiger partial charge in [0.25, 0.3) is 5.91 Å². The van der Waals surface area contributed by atoms with Crippen LogP contribution in [0.15, 0.2) is 24.5 Å². The van der Waals surface area contributed by atoms with E-state index < -0.39 is 29.0 Å². The Kier molecular flexibility index (Phi) is 4.64. The van der Waals surface area contributed by atoms with Crippen LogP contribution in [0.3, 0.4) is 0 Å². The topological polar surface area (TPSA) is 58.1 Å². The van der Waals surface area contributed by atoms with Crippen LogP contribution in [0.1, 0.15) is 29.8 Å². The minimum Gasteiger partial charge on any atom is -0.355 e. The summed E-state index contributed by atoms with van der Waals surface area (Å²) >= 11 is 0. The Morgan fingerprint density at radius 3 is 2.42 bits per heavy atom. The predicted octanol–water partition coefficient (Wildman–Crippen LogP) is 3.14. The van der Waals surface area contributed by atoms with Gasteiger partial charge in [0, 0.05) is 13.1 Å². The summed E-state index contributed by atoms with van der Waals surface area (Å²) < 4.78 is 39.6. The molecule has 1 aliphatic rings. The molecule has 1 saturated heterocycles. The monoisotopic (exact) mass is 336 g/mol. The normalized spacial score (nSPS) is 14.5. The molecule has 5 nitrogen and oxygen atoms in total. The third-order valence-corrected chi connectivity index (χ3v) is 3.83. The first-order valence-electron chi connectivity index (χ1n) is 7.58. The number of benzene rings is 1. The first-order valence-corrected chi connectivity index (χ1v) is 7.58. The third-order valence-electron chi connectivity index (χ3n) is 3.83. The Labute approximate surface area is 136 Å². The van der Waals surface area contributed by atoms with Crippen molar-refractivity contribution in [1.82, 2.24) is 9.97 Å². The third kappa shape index (κ3) is 3.32. The van der Waals surface area contributed by atoms with Gasteiger partial charge in [-0.05, 0) is 31.4 Å². The van der Waals surface area contributed by atoms with Crippen LogP contribution in [0.2, 0.25) is 0 Å². The number of carbonyl (C=O) groups is 1. The van der Waals surface area contributed by atoms with Crippen LogP contribution in [0, 0.1) is 17.5 Å². The Morgan fingerprint density at radius 2 is 1.75 bits per heavy atom. The van der Waals surface area contributed by atoms with Crippen molar-refractivity contribution in [3.63, 3.8) is 0 Å². The Hall–Kier alpha value is -2.64. The van der Waals surface area contributed by atoms with Crippen molar-refractivity contribution >= 4 is 17.4 Å². The number of hydrogen-bond acceptors (Lipinski definition) is 4. The second-order valence-electron chi connectivity index (χ2n) is 5.48. The number of nitrogens with one attached hydrogen (secondary N) is 1. The molecular formula is C16H15F3N4O. The molecule has 0 unspecified atom stereocenters. The summed E-state index contributed by atoms with van der Waals surface area (Å²) in [4.78, 5) is 22.3. The molecule has 24 heavy (non-hydrogen) atoms. The molecule has 1 N–H and O–H groups in total. The maximum absolute atomic E-state index is 13.6. The van der Waals surface area contributed by atoms with Crippen LogP contribution in [0.4, 0.5) is 24.7 Å². The van der Waals surface area contributed by atoms with E-state index in [0.717, 1.165) is 38.1 Å². The summed E-state index contributed by atoms with van der Waals surface area (Å²) in [5.41, 5.74) is -0.499. The van der Waals surface area contributed by atoms with E-state index in [4.69, 9.17) is 0 Å². The second kappa shape index (κ2) is 6.86. The Balaban J connectivity index is 1.72. The predicted molar refractivity (Wildman–Crippen MR) is 82.4 cm³/mol. The Morgan fingerprint density at radius 1 is 1.00 bits per heavy atom. The minimum absolute atomic E-state index is 0.0418. The number of piperidine rings is 1. The number of hydrogen-bond donors (Lipinski definition) is 1. The number of anilines is 2. The zero-order valence-electron chi connectivity index (χ0n) is 12.7. The fraction of sp³-hybridized carbons (Fsp3) is 0.312. The molecule has 1 fully saturated rings. The second-order valence-corrected chi connectivity index (χ2v) is 5.48. The molecule has 1 aromatic heterocycles. The van der Waals surface area contributed by atoms with Gasteiger partial charge in [-0.1, -0.05) is 0 Å². The average Bonchev–Trinajstić information content (AvgIpc) is 2.63. The van der Waals surface area contributed by atoms with Crippen molar-refractivity contribution in [2.24, 2.45) is 0 Å². The van der Waals surface area contributed by atoms with Crippen molar-refractivity contribution in [2.75, 3.05) is 23.3 Å². The maximum atomic E-state index is 13.6. The first-order chi connectivity index (χ1) is 11.6. The van der Waals surface area contributed by atoms with Crippen LogP contribution < -0.4 is 10.2 Å². The highest BCUT2D eigenvalue weighted by Gasteiger charge is 2.18. The number of halogens is 3. The van der Waals surface area contributed by atoms with Gasteiger partial charge in [-0.25, -0.2) is 23.1 Å². The van der Waals surface area contributed by atoms with E-state index in [9.17, 15) is 18.0 Å². The lowest BCUT2D eigenvalue weighted by Crippen LogP contribution is -2.30. The average molecular weight is 336 g/mol. The van der Waals surface area contributed by atoms with Gasteiger partial charge in [0.15, 0.2) is 17.5 Å². The largest absolute Gasteiger partial charge is 0.355 e. The van der Waals surface area contributed by atoms with Gasteiger partial charge in [-0.2, -0.15) is 0 Å². The Bertz CT molecular complexity index is 746. The molecule has 0 aliphatic carbocycles. The SMILES string of the molecule is O=C(Nc1ccc(F)c(F)c1F)c1cnc(N2CCCCC2)cn1. The lowest BCUT2D eigenvalue weighted by Gasteiger charge is -2.27. The van der Waals surface area contributed by atoms with E-state index in [1.165, 1.54) is 18.8 Å². The smallest absolute Gasteiger partial charge is 0.275 e. The van der Waals surface area contributed by atoms with Crippen LogP contribution in [-0.4, -0.2) is 29.0 Å². The zero-order valence-corrected chi connectivity index (χ0v) is 12.7. The molecule has 2 aromatic rings. The summed E-state index contributed by atoms with van der Waals surface area (Å²) in [6.45, 7) is 1.78. The van der Waals surface area contributed by atoms with Crippen molar-refractivity contribution < 1.29 is 18.0 Å². The molecule has 2 heterocycles. The molecule has 1 aliphatic heterocycles. The van der Waals surface area contributed by atoms with Gasteiger partial charge >= 0.3 is 0 Å². The molecule has 0 spiro atoms. The van der Waals surface area contributed by atoms with Gasteiger partial charge in [0.05, 0.1) is 18.1 Å². The zero-order chi connectivity index (χ0) is 17.1. The quantitative estimate of drug-likeness (QED) is 0.875. The summed E-state index contributed by atoms with van der Waals surface area (Å²) in [7, 11) is 0. The molecule has 3 rings (SSSR count). The first kappa shape index (κ1) is 16.2. The molecule has 0 atom stereocenters. The molecule has 1 aromatic carbocycles. The van der Waals surface area contributed by atoms with Crippen LogP contribution in [-0.2, 0) is 0 Å². The van der Waals surface area contributed by atoms with E-state index >= 15 is 0 Å². The number of nitrogens with zero attached hydrogens (tertiary/aromatic N) is 3. The van der Waals surface area contributed by atoms with Gasteiger partial charge < -0.3 is 10.2 Å². The molecule has 126 valence electrons. The van der Waals surface area contributed by atoms with Crippen molar-refractivity contribution in [3.8, 4) is 0 Å². The van der Waals surface area contributed by atoms with Crippen LogP contribution >= 0.6 is 0 Å². The van der Waals surface area contributed by atoms with E-state index in [-0.39, 0.29) is 5.69 Å². The van der Waals surface area contributed by atoms with Crippen LogP contribution in [0.5, 0.6) is 0 Å². The summed E-state index contributed by atoms with van der Waals surface area (Å²) in [5.74, 6) is -4.50. The number of carbonyl (C=O) groups excluding carboxylic acids is 1. The molecule has 0 saturated carbocycles. The standard InChI is InChI=1S/C16H15F3N4O/c17-10-4-5-11(15(19)14(10)18)22-16(24)12-8-21-13(9-20-12)23-6-2-1-3-7-23/h4-5,8-9H,1-3,6-7H2,(H,22,24). The van der Waals surface area contributed by atoms with Gasteiger partial charge in [-0.3, -0.25) is 4.79 Å². The fourth-order valence-corrected chi connectivity index (χ4v) is 2.53. The van der Waals surface area contributed by atoms with Crippen molar-refractivity contribution in [1.29, 1.82) is 0 Å². The lowest BCUT2D eigenvalue weighted by molar-refractivity contribution is 0.102. The van der Waals surface area contributed by atoms with Crippen LogP contribution in [0.25, 0.3) is 0 Å².